The minimum absolute atomic E-state index is 0.00804. The standard InChI is InChI=1S/C35H35FN10O3/c1-43-12-5-13-44-21-39-28-8-3-6-24(32(28)44)27-7-4-9-31(42-27)41-22-16-30(35(43)47)45(19-22)33-25-18-40-46(34(25)38-20-37-33)29-11-10-23(17-26(29)36)49-15-14-48-2/h3-4,6-11,17-18,20-22,30H,5,12-16,19H2,1-2H3,(H,41,42)/t22-,30-/m0/s1. The number of pyridine rings is 1. The highest BCUT2D eigenvalue weighted by Crippen LogP contribution is 2.34. The van der Waals surface area contributed by atoms with Gasteiger partial charge in [0.2, 0.25) is 5.91 Å². The van der Waals surface area contributed by atoms with Crippen molar-refractivity contribution in [2.24, 2.45) is 0 Å². The van der Waals surface area contributed by atoms with Gasteiger partial charge in [-0.3, -0.25) is 4.79 Å². The number of hydrogen-bond acceptors (Lipinski definition) is 10. The Kier molecular flexibility index (Phi) is 7.99. The largest absolute Gasteiger partial charge is 0.491 e. The van der Waals surface area contributed by atoms with E-state index in [-0.39, 0.29) is 17.6 Å². The molecule has 1 fully saturated rings. The number of nitrogens with one attached hydrogen (secondary N) is 1. The molecule has 0 spiro atoms. The minimum atomic E-state index is -0.512. The first-order chi connectivity index (χ1) is 24.0. The number of likely N-dealkylation sites (N-methyl/N-ethyl adjacent to an activating group) is 1. The lowest BCUT2D eigenvalue weighted by atomic mass is 10.1. The summed E-state index contributed by atoms with van der Waals surface area (Å²) in [5.74, 6) is 1.14. The van der Waals surface area contributed by atoms with Crippen LogP contribution in [0.3, 0.4) is 0 Å². The Balaban J connectivity index is 1.14. The summed E-state index contributed by atoms with van der Waals surface area (Å²) in [5.41, 5.74) is 4.44. The van der Waals surface area contributed by atoms with Crippen LogP contribution < -0.4 is 15.0 Å². The van der Waals surface area contributed by atoms with Gasteiger partial charge in [-0.05, 0) is 43.2 Å². The summed E-state index contributed by atoms with van der Waals surface area (Å²) in [5, 5.41) is 8.71. The maximum absolute atomic E-state index is 15.4. The van der Waals surface area contributed by atoms with Gasteiger partial charge in [0.15, 0.2) is 11.5 Å². The second-order valence-electron chi connectivity index (χ2n) is 12.3. The van der Waals surface area contributed by atoms with E-state index in [0.717, 1.165) is 28.7 Å². The van der Waals surface area contributed by atoms with Crippen LogP contribution in [0.25, 0.3) is 39.0 Å². The van der Waals surface area contributed by atoms with Crippen LogP contribution in [-0.2, 0) is 16.1 Å². The number of aromatic nitrogens is 7. The molecule has 13 nitrogen and oxygen atoms in total. The highest BCUT2D eigenvalue weighted by atomic mass is 19.1. The number of aryl methyl sites for hydroxylation is 1. The van der Waals surface area contributed by atoms with E-state index >= 15 is 4.39 Å². The van der Waals surface area contributed by atoms with Crippen LogP contribution in [0.4, 0.5) is 16.0 Å². The highest BCUT2D eigenvalue weighted by molar-refractivity contribution is 5.93. The van der Waals surface area contributed by atoms with E-state index in [1.807, 2.05) is 48.6 Å². The number of methoxy groups -OCH3 is 1. The molecule has 1 saturated heterocycles. The lowest BCUT2D eigenvalue weighted by molar-refractivity contribution is -0.131. The number of anilines is 2. The Bertz CT molecular complexity index is 2170. The van der Waals surface area contributed by atoms with Crippen molar-refractivity contribution in [2.75, 3.05) is 50.7 Å². The number of benzene rings is 2. The molecule has 8 rings (SSSR count). The van der Waals surface area contributed by atoms with Crippen LogP contribution >= 0.6 is 0 Å². The van der Waals surface area contributed by atoms with E-state index in [1.54, 1.807) is 30.3 Å². The van der Waals surface area contributed by atoms with Crippen molar-refractivity contribution in [3.05, 3.63) is 79.3 Å². The van der Waals surface area contributed by atoms with Gasteiger partial charge in [-0.2, -0.15) is 5.10 Å². The molecule has 0 unspecified atom stereocenters. The predicted molar refractivity (Wildman–Crippen MR) is 182 cm³/mol. The molecule has 49 heavy (non-hydrogen) atoms. The number of nitrogens with zero attached hydrogens (tertiary/aromatic N) is 9. The quantitative estimate of drug-likeness (QED) is 0.258. The fourth-order valence-corrected chi connectivity index (χ4v) is 6.86. The van der Waals surface area contributed by atoms with E-state index in [1.165, 1.54) is 17.1 Å². The van der Waals surface area contributed by atoms with E-state index in [2.05, 4.69) is 36.0 Å². The van der Waals surface area contributed by atoms with Gasteiger partial charge < -0.3 is 29.2 Å². The van der Waals surface area contributed by atoms with E-state index in [0.29, 0.717) is 67.7 Å². The number of para-hydroxylation sites is 1. The Morgan fingerprint density at radius 3 is 2.82 bits per heavy atom. The third-order valence-electron chi connectivity index (χ3n) is 9.19. The molecule has 4 bridgehead atoms. The number of carbonyl (C=O) groups is 1. The Labute approximate surface area is 281 Å². The van der Waals surface area contributed by atoms with Gasteiger partial charge >= 0.3 is 0 Å². The summed E-state index contributed by atoms with van der Waals surface area (Å²) < 4.78 is 29.5. The number of carbonyl (C=O) groups excluding carboxylic acids is 1. The zero-order chi connectivity index (χ0) is 33.5. The molecule has 1 N–H and O–H groups in total. The van der Waals surface area contributed by atoms with E-state index < -0.39 is 11.9 Å². The van der Waals surface area contributed by atoms with Crippen molar-refractivity contribution in [3.63, 3.8) is 0 Å². The minimum Gasteiger partial charge on any atom is -0.491 e. The van der Waals surface area contributed by atoms with Gasteiger partial charge in [0.25, 0.3) is 0 Å². The molecule has 1 amide bonds. The number of halogens is 1. The van der Waals surface area contributed by atoms with Crippen molar-refractivity contribution in [1.29, 1.82) is 0 Å². The van der Waals surface area contributed by atoms with Gasteiger partial charge in [0.05, 0.1) is 41.2 Å². The molecular formula is C35H35FN10O3. The van der Waals surface area contributed by atoms with E-state index in [4.69, 9.17) is 14.5 Å². The highest BCUT2D eigenvalue weighted by Gasteiger charge is 2.40. The van der Waals surface area contributed by atoms with Crippen molar-refractivity contribution in [3.8, 4) is 22.7 Å². The average molecular weight is 663 g/mol. The summed E-state index contributed by atoms with van der Waals surface area (Å²) >= 11 is 0. The normalized spacial score (nSPS) is 18.1. The summed E-state index contributed by atoms with van der Waals surface area (Å²) in [6.45, 7) is 2.45. The van der Waals surface area contributed by atoms with Gasteiger partial charge in [0.1, 0.15) is 42.0 Å². The smallest absolute Gasteiger partial charge is 0.245 e. The van der Waals surface area contributed by atoms with Crippen LogP contribution in [0, 0.1) is 5.82 Å². The topological polar surface area (TPSA) is 128 Å². The van der Waals surface area contributed by atoms with Gasteiger partial charge in [-0.15, -0.1) is 0 Å². The van der Waals surface area contributed by atoms with Crippen molar-refractivity contribution in [1.82, 2.24) is 39.2 Å². The molecular weight excluding hydrogens is 627 g/mol. The number of ether oxygens (including phenoxy) is 2. The zero-order valence-electron chi connectivity index (χ0n) is 27.2. The second kappa shape index (κ2) is 12.8. The van der Waals surface area contributed by atoms with Crippen LogP contribution in [-0.4, -0.2) is 97.6 Å². The monoisotopic (exact) mass is 662 g/mol. The zero-order valence-corrected chi connectivity index (χ0v) is 27.2. The number of hydrogen-bond donors (Lipinski definition) is 1. The Hall–Kier alpha value is -5.63. The summed E-state index contributed by atoms with van der Waals surface area (Å²) in [6.07, 6.45) is 6.20. The van der Waals surface area contributed by atoms with Crippen molar-refractivity contribution in [2.45, 2.75) is 31.5 Å². The molecule has 2 aromatic carbocycles. The first-order valence-electron chi connectivity index (χ1n) is 16.3. The SMILES string of the molecule is COCCOc1ccc(-n2ncc3c(N4C[C@@H]5C[C@H]4C(=O)N(C)CCCn4cnc6cccc(c64)-c4cccc(n4)N5)ncnc32)c(F)c1. The number of fused-ring (bicyclic) bond motifs is 6. The fraction of sp³-hybridized carbons (Fsp3) is 0.314. The lowest BCUT2D eigenvalue weighted by Crippen LogP contribution is -2.45. The maximum Gasteiger partial charge on any atom is 0.245 e. The molecule has 0 saturated carbocycles. The third-order valence-corrected chi connectivity index (χ3v) is 9.19. The summed E-state index contributed by atoms with van der Waals surface area (Å²) in [7, 11) is 3.43. The number of imidazole rings is 1. The van der Waals surface area contributed by atoms with Gasteiger partial charge in [0, 0.05) is 51.5 Å². The molecule has 6 aromatic rings. The third kappa shape index (κ3) is 5.67. The Morgan fingerprint density at radius 1 is 1.04 bits per heavy atom. The van der Waals surface area contributed by atoms with Crippen LogP contribution in [0.5, 0.6) is 5.75 Å². The molecule has 6 heterocycles. The molecule has 0 aliphatic carbocycles. The molecule has 2 aliphatic heterocycles. The van der Waals surface area contributed by atoms with Crippen LogP contribution in [0.2, 0.25) is 0 Å². The first kappa shape index (κ1) is 30.7. The number of amides is 1. The molecule has 4 aromatic heterocycles. The molecule has 250 valence electrons. The van der Waals surface area contributed by atoms with Crippen molar-refractivity contribution < 1.29 is 18.7 Å². The number of rotatable bonds is 6. The lowest BCUT2D eigenvalue weighted by Gasteiger charge is -2.29. The molecule has 2 atom stereocenters. The van der Waals surface area contributed by atoms with Crippen molar-refractivity contribution >= 4 is 39.6 Å². The molecule has 0 radical (unpaired) electrons. The van der Waals surface area contributed by atoms with Crippen LogP contribution in [0.1, 0.15) is 12.8 Å². The predicted octanol–water partition coefficient (Wildman–Crippen LogP) is 4.31. The van der Waals surface area contributed by atoms with E-state index in [9.17, 15) is 4.79 Å². The summed E-state index contributed by atoms with van der Waals surface area (Å²) in [6, 6.07) is 16.0. The van der Waals surface area contributed by atoms with Gasteiger partial charge in [-0.25, -0.2) is 29.0 Å². The average Bonchev–Trinajstić information content (AvgIpc) is 3.85. The first-order valence-corrected chi connectivity index (χ1v) is 16.3. The van der Waals surface area contributed by atoms with Crippen LogP contribution in [0.15, 0.2) is 73.4 Å². The molecule has 2 aliphatic rings. The fourth-order valence-electron chi connectivity index (χ4n) is 6.86. The molecule has 14 heteroatoms. The van der Waals surface area contributed by atoms with Gasteiger partial charge in [-0.1, -0.05) is 18.2 Å². The summed E-state index contributed by atoms with van der Waals surface area (Å²) in [4.78, 5) is 36.8. The maximum atomic E-state index is 15.4. The second-order valence-corrected chi connectivity index (χ2v) is 12.3. The Morgan fingerprint density at radius 2 is 1.94 bits per heavy atom.